The molecule has 1 aromatic carbocycles. The van der Waals surface area contributed by atoms with E-state index >= 15 is 0 Å². The summed E-state index contributed by atoms with van der Waals surface area (Å²) >= 11 is 0. The molecule has 7 heteroatoms. The smallest absolute Gasteiger partial charge is 0.257 e. The van der Waals surface area contributed by atoms with Crippen LogP contribution in [0.4, 0.5) is 5.69 Å². The number of pyridine rings is 1. The molecule has 0 fully saturated rings. The van der Waals surface area contributed by atoms with Gasteiger partial charge in [0.05, 0.1) is 11.7 Å². The van der Waals surface area contributed by atoms with Crippen molar-refractivity contribution in [1.82, 2.24) is 15.5 Å². The van der Waals surface area contributed by atoms with Gasteiger partial charge in [0.2, 0.25) is 5.91 Å². The van der Waals surface area contributed by atoms with Crippen molar-refractivity contribution >= 4 is 17.5 Å². The second-order valence-electron chi connectivity index (χ2n) is 7.70. The van der Waals surface area contributed by atoms with E-state index in [1.165, 1.54) is 0 Å². The first-order valence-electron chi connectivity index (χ1n) is 9.93. The number of hydrogen-bond acceptors (Lipinski definition) is 5. The molecule has 1 aliphatic rings. The molecule has 0 radical (unpaired) electrons. The van der Waals surface area contributed by atoms with Crippen LogP contribution < -0.4 is 10.2 Å². The number of amides is 2. The lowest BCUT2D eigenvalue weighted by Crippen LogP contribution is -2.30. The number of nitrogens with one attached hydrogen (secondary N) is 1. The van der Waals surface area contributed by atoms with Gasteiger partial charge >= 0.3 is 0 Å². The van der Waals surface area contributed by atoms with Crippen LogP contribution in [0.5, 0.6) is 0 Å². The summed E-state index contributed by atoms with van der Waals surface area (Å²) in [5.74, 6) is 0.425. The van der Waals surface area contributed by atoms with Crippen LogP contribution in [-0.2, 0) is 11.2 Å². The predicted molar refractivity (Wildman–Crippen MR) is 120 cm³/mol. The van der Waals surface area contributed by atoms with E-state index in [9.17, 15) is 9.59 Å². The van der Waals surface area contributed by atoms with Gasteiger partial charge in [0.1, 0.15) is 11.3 Å². The Hall–Kier alpha value is -3.48. The van der Waals surface area contributed by atoms with Crippen LogP contribution in [0.2, 0.25) is 0 Å². The zero-order chi connectivity index (χ0) is 21.4. The maximum atomic E-state index is 12.6. The fraction of sp³-hybridized carbons (Fsp3) is 0.333. The van der Waals surface area contributed by atoms with Gasteiger partial charge in [-0.3, -0.25) is 14.6 Å². The van der Waals surface area contributed by atoms with Gasteiger partial charge in [-0.1, -0.05) is 18.6 Å². The van der Waals surface area contributed by atoms with Crippen LogP contribution >= 0.6 is 0 Å². The molecule has 31 heavy (non-hydrogen) atoms. The minimum Gasteiger partial charge on any atom is -0.361 e. The Morgan fingerprint density at radius 1 is 1.16 bits per heavy atom. The summed E-state index contributed by atoms with van der Waals surface area (Å²) in [6.07, 6.45) is 4.83. The molecule has 0 saturated carbocycles. The average molecular weight is 421 g/mol. The predicted octanol–water partition coefficient (Wildman–Crippen LogP) is 4.39. The molecule has 1 N–H and O–H groups in total. The van der Waals surface area contributed by atoms with Crippen molar-refractivity contribution in [2.75, 3.05) is 11.9 Å². The SMILES string of the molecule is C.Cc1noc(C)c1C(=O)NC(C)c1cncc(-c2ccc3c(c2)CCC(=O)N3C)c1. The highest BCUT2D eigenvalue weighted by Gasteiger charge is 2.22. The molecular formula is C24H28N4O3. The van der Waals surface area contributed by atoms with Crippen LogP contribution in [0, 0.1) is 13.8 Å². The second-order valence-corrected chi connectivity index (χ2v) is 7.70. The molecule has 162 valence electrons. The number of carbonyl (C=O) groups is 2. The van der Waals surface area contributed by atoms with Crippen molar-refractivity contribution in [1.29, 1.82) is 0 Å². The minimum absolute atomic E-state index is 0. The number of carbonyl (C=O) groups excluding carboxylic acids is 2. The first kappa shape index (κ1) is 22.2. The first-order chi connectivity index (χ1) is 14.3. The molecule has 3 heterocycles. The normalized spacial score (nSPS) is 13.9. The van der Waals surface area contributed by atoms with E-state index in [-0.39, 0.29) is 25.3 Å². The van der Waals surface area contributed by atoms with Crippen molar-refractivity contribution < 1.29 is 14.1 Å². The van der Waals surface area contributed by atoms with Gasteiger partial charge in [0, 0.05) is 37.1 Å². The molecule has 0 bridgehead atoms. The van der Waals surface area contributed by atoms with Gasteiger partial charge in [-0.2, -0.15) is 0 Å². The van der Waals surface area contributed by atoms with Crippen LogP contribution in [0.1, 0.15) is 59.8 Å². The number of nitrogens with zero attached hydrogens (tertiary/aromatic N) is 3. The topological polar surface area (TPSA) is 88.3 Å². The Morgan fingerprint density at radius 2 is 1.94 bits per heavy atom. The summed E-state index contributed by atoms with van der Waals surface area (Å²) in [6.45, 7) is 5.40. The van der Waals surface area contributed by atoms with Gasteiger partial charge in [-0.15, -0.1) is 0 Å². The molecule has 2 aromatic heterocycles. The van der Waals surface area contributed by atoms with Crippen molar-refractivity contribution in [3.8, 4) is 11.1 Å². The molecule has 1 aliphatic heterocycles. The lowest BCUT2D eigenvalue weighted by molar-refractivity contribution is -0.118. The summed E-state index contributed by atoms with van der Waals surface area (Å²) in [7, 11) is 1.81. The number of hydrogen-bond donors (Lipinski definition) is 1. The molecule has 4 rings (SSSR count). The van der Waals surface area contributed by atoms with Crippen molar-refractivity contribution in [3.63, 3.8) is 0 Å². The highest BCUT2D eigenvalue weighted by atomic mass is 16.5. The zero-order valence-corrected chi connectivity index (χ0v) is 17.5. The largest absolute Gasteiger partial charge is 0.361 e. The molecule has 2 amide bonds. The van der Waals surface area contributed by atoms with Gasteiger partial charge in [-0.05, 0) is 62.1 Å². The Labute approximate surface area is 182 Å². The maximum Gasteiger partial charge on any atom is 0.257 e. The number of fused-ring (bicyclic) bond motifs is 1. The second kappa shape index (κ2) is 8.71. The van der Waals surface area contributed by atoms with Crippen molar-refractivity contribution in [2.45, 2.75) is 47.1 Å². The lowest BCUT2D eigenvalue weighted by atomic mass is 9.96. The Kier molecular flexibility index (Phi) is 6.24. The monoisotopic (exact) mass is 420 g/mol. The van der Waals surface area contributed by atoms with Gasteiger partial charge in [0.25, 0.3) is 5.91 Å². The fourth-order valence-electron chi connectivity index (χ4n) is 3.85. The van der Waals surface area contributed by atoms with Crippen LogP contribution in [-0.4, -0.2) is 29.0 Å². The maximum absolute atomic E-state index is 12.6. The van der Waals surface area contributed by atoms with Crippen molar-refractivity contribution in [3.05, 3.63) is 64.8 Å². The van der Waals surface area contributed by atoms with Crippen LogP contribution in [0.25, 0.3) is 11.1 Å². The Morgan fingerprint density at radius 3 is 2.65 bits per heavy atom. The number of anilines is 1. The van der Waals surface area contributed by atoms with E-state index in [1.54, 1.807) is 24.9 Å². The molecule has 0 spiro atoms. The number of aromatic nitrogens is 2. The van der Waals surface area contributed by atoms with E-state index in [4.69, 9.17) is 4.52 Å². The summed E-state index contributed by atoms with van der Waals surface area (Å²) in [5.41, 5.74) is 6.06. The van der Waals surface area contributed by atoms with Crippen molar-refractivity contribution in [2.24, 2.45) is 0 Å². The van der Waals surface area contributed by atoms with E-state index in [1.807, 2.05) is 38.4 Å². The number of rotatable bonds is 4. The van der Waals surface area contributed by atoms with Crippen LogP contribution in [0.3, 0.4) is 0 Å². The van der Waals surface area contributed by atoms with E-state index in [0.29, 0.717) is 23.4 Å². The minimum atomic E-state index is -0.236. The van der Waals surface area contributed by atoms with E-state index < -0.39 is 0 Å². The lowest BCUT2D eigenvalue weighted by Gasteiger charge is -2.26. The highest BCUT2D eigenvalue weighted by molar-refractivity contribution is 5.97. The summed E-state index contributed by atoms with van der Waals surface area (Å²) in [4.78, 5) is 30.7. The standard InChI is InChI=1S/C23H24N4O3.CH4/c1-13(25-23(29)22-14(2)26-30-15(22)3)18-10-19(12-24-11-18)16-5-7-20-17(9-16)6-8-21(28)27(20)4;/h5,7,9-13H,6,8H2,1-4H3,(H,25,29);1H4. The average Bonchev–Trinajstić information content (AvgIpc) is 3.08. The van der Waals surface area contributed by atoms with Gasteiger partial charge in [-0.25, -0.2) is 0 Å². The Balaban J connectivity index is 0.00000272. The Bertz CT molecular complexity index is 1120. The molecule has 1 unspecified atom stereocenters. The highest BCUT2D eigenvalue weighted by Crippen LogP contribution is 2.32. The molecule has 0 saturated heterocycles. The third-order valence-corrected chi connectivity index (χ3v) is 5.62. The molecular weight excluding hydrogens is 392 g/mol. The fourth-order valence-corrected chi connectivity index (χ4v) is 3.85. The number of aryl methyl sites for hydroxylation is 3. The number of benzene rings is 1. The van der Waals surface area contributed by atoms with Gasteiger partial charge < -0.3 is 14.7 Å². The van der Waals surface area contributed by atoms with Gasteiger partial charge in [0.15, 0.2) is 0 Å². The van der Waals surface area contributed by atoms with E-state index in [2.05, 4.69) is 21.5 Å². The summed E-state index contributed by atoms with van der Waals surface area (Å²) < 4.78 is 5.09. The van der Waals surface area contributed by atoms with E-state index in [0.717, 1.165) is 34.4 Å². The summed E-state index contributed by atoms with van der Waals surface area (Å²) in [5, 5.41) is 6.84. The molecule has 7 nitrogen and oxygen atoms in total. The molecule has 0 aliphatic carbocycles. The summed E-state index contributed by atoms with van der Waals surface area (Å²) in [6, 6.07) is 7.90. The zero-order valence-electron chi connectivity index (χ0n) is 17.5. The quantitative estimate of drug-likeness (QED) is 0.676. The molecule has 3 aromatic rings. The third-order valence-electron chi connectivity index (χ3n) is 5.62. The first-order valence-corrected chi connectivity index (χ1v) is 9.93. The molecule has 1 atom stereocenters. The third kappa shape index (κ3) is 4.21. The van der Waals surface area contributed by atoms with Crippen LogP contribution in [0.15, 0.2) is 41.2 Å².